The van der Waals surface area contributed by atoms with E-state index in [0.717, 1.165) is 0 Å². The lowest BCUT2D eigenvalue weighted by Gasteiger charge is -2.26. The zero-order valence-corrected chi connectivity index (χ0v) is 12.5. The van der Waals surface area contributed by atoms with Crippen LogP contribution in [0.4, 0.5) is 0 Å². The Morgan fingerprint density at radius 1 is 1.10 bits per heavy atom. The number of hydrogen-bond donors (Lipinski definition) is 0. The highest BCUT2D eigenvalue weighted by Gasteiger charge is 2.40. The fraction of sp³-hybridized carbons (Fsp3) is 0.400. The number of carbonyl (C=O) groups is 3. The summed E-state index contributed by atoms with van der Waals surface area (Å²) in [5.74, 6) is -1.84. The van der Waals surface area contributed by atoms with Crippen molar-refractivity contribution < 1.29 is 19.2 Å². The molecule has 0 fully saturated rings. The third-order valence-electron chi connectivity index (χ3n) is 3.37. The Balaban J connectivity index is 2.20. The van der Waals surface area contributed by atoms with Crippen molar-refractivity contribution in [3.05, 3.63) is 35.4 Å². The van der Waals surface area contributed by atoms with Crippen molar-refractivity contribution in [2.75, 3.05) is 14.1 Å². The first-order valence-corrected chi connectivity index (χ1v) is 6.70. The number of likely N-dealkylation sites (N-methyl/N-ethyl adjacent to an activating group) is 1. The van der Waals surface area contributed by atoms with Gasteiger partial charge in [-0.15, -0.1) is 0 Å². The predicted octanol–water partition coefficient (Wildman–Crippen LogP) is 1.33. The lowest BCUT2D eigenvalue weighted by atomic mass is 10.0. The van der Waals surface area contributed by atoms with Gasteiger partial charge in [-0.25, -0.2) is 4.79 Å². The van der Waals surface area contributed by atoms with Crippen molar-refractivity contribution in [2.45, 2.75) is 19.9 Å². The summed E-state index contributed by atoms with van der Waals surface area (Å²) in [5, 5.41) is 0.547. The van der Waals surface area contributed by atoms with E-state index in [2.05, 4.69) is 0 Å². The fourth-order valence-electron chi connectivity index (χ4n) is 2.47. The predicted molar refractivity (Wildman–Crippen MR) is 75.3 cm³/mol. The van der Waals surface area contributed by atoms with Gasteiger partial charge in [-0.2, -0.15) is 0 Å². The highest BCUT2D eigenvalue weighted by atomic mass is 16.7. The standard InChI is InChI=1S/C15H18N2O4/c1-9(2)12(16(3)4)15(20)21-17-13(18)10-7-5-6-8-11(10)14(17)19/h5-9,12H,1-4H3. The van der Waals surface area contributed by atoms with E-state index >= 15 is 0 Å². The molecule has 0 N–H and O–H groups in total. The minimum Gasteiger partial charge on any atom is -0.328 e. The summed E-state index contributed by atoms with van der Waals surface area (Å²) in [7, 11) is 3.49. The van der Waals surface area contributed by atoms with Crippen LogP contribution in [0.3, 0.4) is 0 Å². The summed E-state index contributed by atoms with van der Waals surface area (Å²) >= 11 is 0. The number of fused-ring (bicyclic) bond motifs is 1. The molecule has 2 rings (SSSR count). The number of carbonyl (C=O) groups excluding carboxylic acids is 3. The van der Waals surface area contributed by atoms with Gasteiger partial charge in [0, 0.05) is 0 Å². The van der Waals surface area contributed by atoms with Gasteiger partial charge in [-0.05, 0) is 32.1 Å². The minimum atomic E-state index is -0.621. The van der Waals surface area contributed by atoms with E-state index in [4.69, 9.17) is 4.84 Å². The quantitative estimate of drug-likeness (QED) is 0.783. The van der Waals surface area contributed by atoms with Crippen LogP contribution in [0.2, 0.25) is 0 Å². The Labute approximate surface area is 123 Å². The van der Waals surface area contributed by atoms with Gasteiger partial charge < -0.3 is 4.84 Å². The molecule has 1 aliphatic rings. The van der Waals surface area contributed by atoms with Gasteiger partial charge in [0.15, 0.2) is 0 Å². The molecule has 1 aromatic carbocycles. The average molecular weight is 290 g/mol. The first-order valence-electron chi connectivity index (χ1n) is 6.70. The number of amides is 2. The summed E-state index contributed by atoms with van der Waals surface area (Å²) < 4.78 is 0. The maximum Gasteiger partial charge on any atom is 0.350 e. The maximum absolute atomic E-state index is 12.2. The molecule has 1 aliphatic heterocycles. The molecule has 1 heterocycles. The zero-order valence-electron chi connectivity index (χ0n) is 12.5. The summed E-state index contributed by atoms with van der Waals surface area (Å²) in [6, 6.07) is 5.86. The molecule has 1 aromatic rings. The Morgan fingerprint density at radius 3 is 1.95 bits per heavy atom. The van der Waals surface area contributed by atoms with Crippen molar-refractivity contribution in [2.24, 2.45) is 5.92 Å². The Kier molecular flexibility index (Phi) is 4.09. The van der Waals surface area contributed by atoms with Crippen LogP contribution in [0.1, 0.15) is 34.6 Å². The summed E-state index contributed by atoms with van der Waals surface area (Å²) in [6.07, 6.45) is 0. The lowest BCUT2D eigenvalue weighted by molar-refractivity contribution is -0.175. The second kappa shape index (κ2) is 5.65. The van der Waals surface area contributed by atoms with E-state index in [1.54, 1.807) is 31.1 Å². The number of benzene rings is 1. The van der Waals surface area contributed by atoms with Crippen molar-refractivity contribution in [1.29, 1.82) is 0 Å². The first kappa shape index (κ1) is 15.2. The molecule has 0 aromatic heterocycles. The molecule has 6 heteroatoms. The highest BCUT2D eigenvalue weighted by Crippen LogP contribution is 2.23. The third-order valence-corrected chi connectivity index (χ3v) is 3.37. The van der Waals surface area contributed by atoms with E-state index in [1.807, 2.05) is 13.8 Å². The van der Waals surface area contributed by atoms with Crippen LogP contribution in [0.15, 0.2) is 24.3 Å². The van der Waals surface area contributed by atoms with Crippen LogP contribution < -0.4 is 0 Å². The normalized spacial score (nSPS) is 15.6. The molecule has 0 saturated carbocycles. The first-order chi connectivity index (χ1) is 9.84. The van der Waals surface area contributed by atoms with Gasteiger partial charge in [0.25, 0.3) is 11.8 Å². The lowest BCUT2D eigenvalue weighted by Crippen LogP contribution is -2.45. The number of nitrogens with zero attached hydrogens (tertiary/aromatic N) is 2. The van der Waals surface area contributed by atoms with Gasteiger partial charge in [0.2, 0.25) is 0 Å². The van der Waals surface area contributed by atoms with E-state index < -0.39 is 23.8 Å². The van der Waals surface area contributed by atoms with Crippen LogP contribution in [-0.4, -0.2) is 47.9 Å². The molecule has 6 nitrogen and oxygen atoms in total. The molecular formula is C15H18N2O4. The van der Waals surface area contributed by atoms with E-state index in [9.17, 15) is 14.4 Å². The zero-order chi connectivity index (χ0) is 15.7. The van der Waals surface area contributed by atoms with Gasteiger partial charge >= 0.3 is 5.97 Å². The third kappa shape index (κ3) is 2.67. The molecule has 0 bridgehead atoms. The second-order valence-corrected chi connectivity index (χ2v) is 5.51. The van der Waals surface area contributed by atoms with Crippen LogP contribution in [0.25, 0.3) is 0 Å². The molecule has 0 radical (unpaired) electrons. The summed E-state index contributed by atoms with van der Waals surface area (Å²) in [4.78, 5) is 43.2. The van der Waals surface area contributed by atoms with E-state index in [-0.39, 0.29) is 17.0 Å². The van der Waals surface area contributed by atoms with Gasteiger partial charge in [-0.3, -0.25) is 14.5 Å². The van der Waals surface area contributed by atoms with E-state index in [0.29, 0.717) is 5.06 Å². The number of hydrogen-bond acceptors (Lipinski definition) is 5. The van der Waals surface area contributed by atoms with Crippen molar-refractivity contribution >= 4 is 17.8 Å². The van der Waals surface area contributed by atoms with Crippen LogP contribution in [-0.2, 0) is 9.63 Å². The smallest absolute Gasteiger partial charge is 0.328 e. The molecule has 0 spiro atoms. The van der Waals surface area contributed by atoms with Gasteiger partial charge in [-0.1, -0.05) is 31.0 Å². The molecule has 1 unspecified atom stereocenters. The molecule has 0 aliphatic carbocycles. The van der Waals surface area contributed by atoms with Crippen LogP contribution >= 0.6 is 0 Å². The summed E-state index contributed by atoms with van der Waals surface area (Å²) in [5.41, 5.74) is 0.502. The number of hydroxylamine groups is 2. The Morgan fingerprint density at radius 2 is 1.57 bits per heavy atom. The SMILES string of the molecule is CC(C)C(C(=O)ON1C(=O)c2ccccc2C1=O)N(C)C. The molecular weight excluding hydrogens is 272 g/mol. The number of imide groups is 1. The van der Waals surface area contributed by atoms with E-state index in [1.165, 1.54) is 12.1 Å². The fourth-order valence-corrected chi connectivity index (χ4v) is 2.47. The van der Waals surface area contributed by atoms with Crippen molar-refractivity contribution in [3.8, 4) is 0 Å². The largest absolute Gasteiger partial charge is 0.350 e. The van der Waals surface area contributed by atoms with Gasteiger partial charge in [0.05, 0.1) is 11.1 Å². The van der Waals surface area contributed by atoms with Crippen molar-refractivity contribution in [3.63, 3.8) is 0 Å². The molecule has 1 atom stereocenters. The van der Waals surface area contributed by atoms with Crippen molar-refractivity contribution in [1.82, 2.24) is 9.96 Å². The van der Waals surface area contributed by atoms with Crippen LogP contribution in [0, 0.1) is 5.92 Å². The van der Waals surface area contributed by atoms with Crippen LogP contribution in [0.5, 0.6) is 0 Å². The highest BCUT2D eigenvalue weighted by molar-refractivity contribution is 6.20. The molecule has 112 valence electrons. The monoisotopic (exact) mass is 290 g/mol. The maximum atomic E-state index is 12.2. The van der Waals surface area contributed by atoms with Gasteiger partial charge in [0.1, 0.15) is 6.04 Å². The Bertz CT molecular complexity index is 552. The topological polar surface area (TPSA) is 66.9 Å². The Hall–Kier alpha value is -2.21. The molecule has 0 saturated heterocycles. The molecule has 21 heavy (non-hydrogen) atoms. The molecule has 2 amide bonds. The summed E-state index contributed by atoms with van der Waals surface area (Å²) in [6.45, 7) is 3.74. The minimum absolute atomic E-state index is 0.0114. The number of rotatable bonds is 4. The second-order valence-electron chi connectivity index (χ2n) is 5.51. The average Bonchev–Trinajstić information content (AvgIpc) is 2.64.